The van der Waals surface area contributed by atoms with Gasteiger partial charge in [-0.1, -0.05) is 18.2 Å². The highest BCUT2D eigenvalue weighted by atomic mass is 32.2. The van der Waals surface area contributed by atoms with E-state index in [2.05, 4.69) is 15.6 Å². The molecule has 0 bridgehead atoms. The predicted molar refractivity (Wildman–Crippen MR) is 124 cm³/mol. The molecule has 1 aliphatic heterocycles. The van der Waals surface area contributed by atoms with E-state index < -0.39 is 11.7 Å². The molecule has 0 aromatic heterocycles. The van der Waals surface area contributed by atoms with E-state index in [1.54, 1.807) is 30.3 Å². The summed E-state index contributed by atoms with van der Waals surface area (Å²) in [6.45, 7) is -0.270. The SMILES string of the molecule is O=C(COc1ccccc1/C=C1/SC(=Nc2ccc(F)cc2)NC1=O)Nc1ccc(F)cc1. The third-order valence-corrected chi connectivity index (χ3v) is 5.31. The van der Waals surface area contributed by atoms with Gasteiger partial charge in [0.15, 0.2) is 11.8 Å². The third-order valence-electron chi connectivity index (χ3n) is 4.40. The van der Waals surface area contributed by atoms with Gasteiger partial charge in [-0.3, -0.25) is 9.59 Å². The van der Waals surface area contributed by atoms with Crippen LogP contribution in [0.4, 0.5) is 20.2 Å². The molecular formula is C24H17F2N3O3S. The molecule has 0 unspecified atom stereocenters. The zero-order valence-electron chi connectivity index (χ0n) is 17.0. The lowest BCUT2D eigenvalue weighted by Crippen LogP contribution is -2.20. The van der Waals surface area contributed by atoms with Crippen LogP contribution in [-0.4, -0.2) is 23.6 Å². The quantitative estimate of drug-likeness (QED) is 0.509. The van der Waals surface area contributed by atoms with E-state index in [0.29, 0.717) is 32.8 Å². The number of ether oxygens (including phenoxy) is 1. The van der Waals surface area contributed by atoms with Crippen molar-refractivity contribution in [2.75, 3.05) is 11.9 Å². The number of aliphatic imine (C=N–C) groups is 1. The van der Waals surface area contributed by atoms with Gasteiger partial charge in [-0.15, -0.1) is 0 Å². The molecule has 0 spiro atoms. The molecule has 1 saturated heterocycles. The summed E-state index contributed by atoms with van der Waals surface area (Å²) in [6.07, 6.45) is 1.64. The number of anilines is 1. The zero-order valence-corrected chi connectivity index (χ0v) is 17.9. The summed E-state index contributed by atoms with van der Waals surface area (Å²) >= 11 is 1.14. The highest BCUT2D eigenvalue weighted by Crippen LogP contribution is 2.30. The molecule has 2 amide bonds. The molecule has 0 atom stereocenters. The van der Waals surface area contributed by atoms with Crippen molar-refractivity contribution in [1.82, 2.24) is 5.32 Å². The largest absolute Gasteiger partial charge is 0.483 e. The van der Waals surface area contributed by atoms with Gasteiger partial charge in [-0.2, -0.15) is 0 Å². The fourth-order valence-electron chi connectivity index (χ4n) is 2.86. The highest BCUT2D eigenvalue weighted by molar-refractivity contribution is 8.18. The first-order valence-electron chi connectivity index (χ1n) is 9.79. The molecule has 0 saturated carbocycles. The fraction of sp³-hybridized carbons (Fsp3) is 0.0417. The Labute approximate surface area is 192 Å². The maximum Gasteiger partial charge on any atom is 0.264 e. The van der Waals surface area contributed by atoms with Crippen molar-refractivity contribution in [3.05, 3.63) is 94.9 Å². The van der Waals surface area contributed by atoms with E-state index in [-0.39, 0.29) is 18.3 Å². The molecule has 9 heteroatoms. The van der Waals surface area contributed by atoms with E-state index in [0.717, 1.165) is 11.8 Å². The molecule has 1 aliphatic rings. The maximum atomic E-state index is 13.1. The first kappa shape index (κ1) is 22.2. The number of hydrogen-bond donors (Lipinski definition) is 2. The average Bonchev–Trinajstić information content (AvgIpc) is 3.15. The molecule has 33 heavy (non-hydrogen) atoms. The van der Waals surface area contributed by atoms with Crippen LogP contribution in [0.25, 0.3) is 6.08 Å². The minimum atomic E-state index is -0.411. The summed E-state index contributed by atoms with van der Waals surface area (Å²) in [4.78, 5) is 29.2. The molecule has 4 rings (SSSR count). The van der Waals surface area contributed by atoms with Crippen LogP contribution in [0.5, 0.6) is 5.75 Å². The van der Waals surface area contributed by atoms with Gasteiger partial charge in [0.05, 0.1) is 10.6 Å². The lowest BCUT2D eigenvalue weighted by Gasteiger charge is -2.10. The molecular weight excluding hydrogens is 448 g/mol. The maximum absolute atomic E-state index is 13.1. The van der Waals surface area contributed by atoms with Crippen LogP contribution in [0.1, 0.15) is 5.56 Å². The van der Waals surface area contributed by atoms with Gasteiger partial charge in [0.2, 0.25) is 0 Å². The van der Waals surface area contributed by atoms with Crippen LogP contribution in [-0.2, 0) is 9.59 Å². The molecule has 1 heterocycles. The molecule has 2 N–H and O–H groups in total. The number of halogens is 2. The van der Waals surface area contributed by atoms with Crippen molar-refractivity contribution >= 4 is 46.2 Å². The van der Waals surface area contributed by atoms with Crippen molar-refractivity contribution in [3.8, 4) is 5.75 Å². The second kappa shape index (κ2) is 10.1. The molecule has 0 radical (unpaired) electrons. The van der Waals surface area contributed by atoms with E-state index in [4.69, 9.17) is 4.74 Å². The molecule has 1 fully saturated rings. The average molecular weight is 465 g/mol. The summed E-state index contributed by atoms with van der Waals surface area (Å²) in [5.74, 6) is -1.09. The number of carbonyl (C=O) groups excluding carboxylic acids is 2. The van der Waals surface area contributed by atoms with E-state index in [1.807, 2.05) is 0 Å². The number of para-hydroxylation sites is 1. The van der Waals surface area contributed by atoms with Crippen LogP contribution in [0.3, 0.4) is 0 Å². The smallest absolute Gasteiger partial charge is 0.264 e. The number of amides is 2. The molecule has 6 nitrogen and oxygen atoms in total. The summed E-state index contributed by atoms with van der Waals surface area (Å²) in [7, 11) is 0. The molecule has 3 aromatic carbocycles. The predicted octanol–water partition coefficient (Wildman–Crippen LogP) is 4.87. The third kappa shape index (κ3) is 6.05. The van der Waals surface area contributed by atoms with Crippen molar-refractivity contribution in [2.24, 2.45) is 4.99 Å². The Balaban J connectivity index is 1.43. The Morgan fingerprint density at radius 2 is 1.67 bits per heavy atom. The Morgan fingerprint density at radius 1 is 1.00 bits per heavy atom. The van der Waals surface area contributed by atoms with Crippen LogP contribution in [0, 0.1) is 11.6 Å². The topological polar surface area (TPSA) is 79.8 Å². The summed E-state index contributed by atoms with van der Waals surface area (Å²) in [6, 6.07) is 18.0. The number of rotatable bonds is 6. The van der Waals surface area contributed by atoms with Crippen molar-refractivity contribution in [3.63, 3.8) is 0 Å². The van der Waals surface area contributed by atoms with Crippen LogP contribution in [0.2, 0.25) is 0 Å². The normalized spacial score (nSPS) is 15.5. The second-order valence-electron chi connectivity index (χ2n) is 6.84. The Bertz CT molecular complexity index is 1240. The van der Waals surface area contributed by atoms with Gasteiger partial charge < -0.3 is 15.4 Å². The number of benzene rings is 3. The Kier molecular flexibility index (Phi) is 6.80. The Morgan fingerprint density at radius 3 is 2.39 bits per heavy atom. The lowest BCUT2D eigenvalue weighted by atomic mass is 10.2. The molecule has 166 valence electrons. The number of nitrogens with zero attached hydrogens (tertiary/aromatic N) is 1. The number of hydrogen-bond acceptors (Lipinski definition) is 5. The van der Waals surface area contributed by atoms with Gasteiger partial charge in [0, 0.05) is 11.3 Å². The fourth-order valence-corrected chi connectivity index (χ4v) is 3.69. The first-order chi connectivity index (χ1) is 16.0. The van der Waals surface area contributed by atoms with Gasteiger partial charge in [-0.25, -0.2) is 13.8 Å². The van der Waals surface area contributed by atoms with Gasteiger partial charge in [-0.05, 0) is 72.4 Å². The monoisotopic (exact) mass is 465 g/mol. The van der Waals surface area contributed by atoms with E-state index >= 15 is 0 Å². The Hall–Kier alpha value is -3.98. The summed E-state index contributed by atoms with van der Waals surface area (Å²) in [5, 5.41) is 5.66. The lowest BCUT2D eigenvalue weighted by molar-refractivity contribution is -0.118. The van der Waals surface area contributed by atoms with Crippen molar-refractivity contribution in [2.45, 2.75) is 0 Å². The van der Waals surface area contributed by atoms with Gasteiger partial charge in [0.25, 0.3) is 11.8 Å². The molecule has 0 aliphatic carbocycles. The zero-order chi connectivity index (χ0) is 23.2. The number of carbonyl (C=O) groups is 2. The second-order valence-corrected chi connectivity index (χ2v) is 7.87. The summed E-state index contributed by atoms with van der Waals surface area (Å²) in [5.41, 5.74) is 1.57. The van der Waals surface area contributed by atoms with E-state index in [1.165, 1.54) is 48.5 Å². The van der Waals surface area contributed by atoms with Crippen LogP contribution < -0.4 is 15.4 Å². The summed E-state index contributed by atoms with van der Waals surface area (Å²) < 4.78 is 31.7. The standard InChI is InChI=1S/C24H17F2N3O3S/c25-16-5-9-18(10-6-16)27-22(30)14-32-20-4-2-1-3-15(20)13-21-23(31)29-24(33-21)28-19-11-7-17(26)8-12-19/h1-13H,14H2,(H,27,30)(H,28,29,31)/b21-13+. The number of thioether (sulfide) groups is 1. The number of nitrogens with one attached hydrogen (secondary N) is 2. The van der Waals surface area contributed by atoms with Crippen molar-refractivity contribution in [1.29, 1.82) is 0 Å². The van der Waals surface area contributed by atoms with Crippen LogP contribution in [0.15, 0.2) is 82.7 Å². The highest BCUT2D eigenvalue weighted by Gasteiger charge is 2.24. The van der Waals surface area contributed by atoms with Crippen LogP contribution >= 0.6 is 11.8 Å². The minimum absolute atomic E-state index is 0.270. The molecule has 3 aromatic rings. The van der Waals surface area contributed by atoms with Crippen molar-refractivity contribution < 1.29 is 23.1 Å². The minimum Gasteiger partial charge on any atom is -0.483 e. The van der Waals surface area contributed by atoms with Gasteiger partial charge >= 0.3 is 0 Å². The van der Waals surface area contributed by atoms with E-state index in [9.17, 15) is 18.4 Å². The van der Waals surface area contributed by atoms with Gasteiger partial charge in [0.1, 0.15) is 17.4 Å². The first-order valence-corrected chi connectivity index (χ1v) is 10.6. The number of amidine groups is 1.